The zero-order chi connectivity index (χ0) is 25.4. The molecule has 8 nitrogen and oxygen atoms in total. The highest BCUT2D eigenvalue weighted by atomic mass is 35.5. The number of halogens is 1. The molecule has 35 heavy (non-hydrogen) atoms. The Morgan fingerprint density at radius 1 is 1.11 bits per heavy atom. The third-order valence-electron chi connectivity index (χ3n) is 5.21. The number of hydrogen-bond acceptors (Lipinski definition) is 6. The minimum absolute atomic E-state index is 0.155. The van der Waals surface area contributed by atoms with Gasteiger partial charge in [0.2, 0.25) is 5.91 Å². The molecule has 3 aromatic rings. The zero-order valence-electron chi connectivity index (χ0n) is 20.2. The lowest BCUT2D eigenvalue weighted by atomic mass is 10.0. The molecule has 0 radical (unpaired) electrons. The third kappa shape index (κ3) is 7.22. The number of rotatable bonds is 11. The molecule has 0 unspecified atom stereocenters. The molecule has 0 bridgehead atoms. The molecule has 1 atom stereocenters. The number of carbonyl (C=O) groups is 2. The summed E-state index contributed by atoms with van der Waals surface area (Å²) >= 11 is 7.52. The van der Waals surface area contributed by atoms with Gasteiger partial charge in [-0.15, -0.1) is 10.2 Å². The van der Waals surface area contributed by atoms with Crippen molar-refractivity contribution in [2.24, 2.45) is 5.92 Å². The van der Waals surface area contributed by atoms with Crippen molar-refractivity contribution in [2.45, 2.75) is 44.9 Å². The number of nitrogens with one attached hydrogen (secondary N) is 2. The van der Waals surface area contributed by atoms with Gasteiger partial charge in [-0.2, -0.15) is 0 Å². The van der Waals surface area contributed by atoms with Crippen LogP contribution >= 0.6 is 23.4 Å². The number of amides is 2. The molecule has 0 saturated heterocycles. The average molecular weight is 516 g/mol. The number of anilines is 1. The molecule has 0 spiro atoms. The van der Waals surface area contributed by atoms with E-state index in [0.29, 0.717) is 46.1 Å². The van der Waals surface area contributed by atoms with Gasteiger partial charge >= 0.3 is 0 Å². The SMILES string of the molecule is CCn1c(SCC(=O)Nc2ccc(OC)cc2)nnc1[C@@H](CC(C)C)NC(=O)c1ccccc1Cl. The topological polar surface area (TPSA) is 98.1 Å². The summed E-state index contributed by atoms with van der Waals surface area (Å²) < 4.78 is 7.07. The summed E-state index contributed by atoms with van der Waals surface area (Å²) in [7, 11) is 1.59. The predicted molar refractivity (Wildman–Crippen MR) is 139 cm³/mol. The lowest BCUT2D eigenvalue weighted by Crippen LogP contribution is -2.31. The van der Waals surface area contributed by atoms with Crippen LogP contribution in [-0.4, -0.2) is 39.4 Å². The molecule has 0 aliphatic heterocycles. The Hall–Kier alpha value is -3.04. The number of hydrogen-bond donors (Lipinski definition) is 2. The summed E-state index contributed by atoms with van der Waals surface area (Å²) in [5, 5.41) is 15.7. The maximum Gasteiger partial charge on any atom is 0.253 e. The van der Waals surface area contributed by atoms with Crippen LogP contribution in [0, 0.1) is 5.92 Å². The number of ether oxygens (including phenoxy) is 1. The predicted octanol–water partition coefficient (Wildman–Crippen LogP) is 5.21. The van der Waals surface area contributed by atoms with Crippen LogP contribution in [0.15, 0.2) is 53.7 Å². The van der Waals surface area contributed by atoms with E-state index in [1.165, 1.54) is 11.8 Å². The summed E-state index contributed by atoms with van der Waals surface area (Å²) in [6.07, 6.45) is 0.678. The Bertz CT molecular complexity index is 1150. The van der Waals surface area contributed by atoms with Gasteiger partial charge in [-0.25, -0.2) is 0 Å². The normalized spacial score (nSPS) is 11.8. The molecule has 3 rings (SSSR count). The Morgan fingerprint density at radius 2 is 1.83 bits per heavy atom. The highest BCUT2D eigenvalue weighted by Gasteiger charge is 2.25. The van der Waals surface area contributed by atoms with E-state index in [9.17, 15) is 9.59 Å². The molecule has 1 heterocycles. The highest BCUT2D eigenvalue weighted by Crippen LogP contribution is 2.26. The summed E-state index contributed by atoms with van der Waals surface area (Å²) in [6.45, 7) is 6.75. The first-order valence-corrected chi connectivity index (χ1v) is 12.7. The Kier molecular flexibility index (Phi) is 9.56. The van der Waals surface area contributed by atoms with Crippen molar-refractivity contribution in [2.75, 3.05) is 18.2 Å². The van der Waals surface area contributed by atoms with Crippen molar-refractivity contribution in [3.63, 3.8) is 0 Å². The highest BCUT2D eigenvalue weighted by molar-refractivity contribution is 7.99. The monoisotopic (exact) mass is 515 g/mol. The van der Waals surface area contributed by atoms with Gasteiger partial charge < -0.3 is 19.9 Å². The lowest BCUT2D eigenvalue weighted by molar-refractivity contribution is -0.113. The number of nitrogens with zero attached hydrogens (tertiary/aromatic N) is 3. The maximum atomic E-state index is 12.9. The first kappa shape index (κ1) is 26.6. The van der Waals surface area contributed by atoms with Crippen LogP contribution < -0.4 is 15.4 Å². The fraction of sp³-hybridized carbons (Fsp3) is 0.360. The van der Waals surface area contributed by atoms with Gasteiger partial charge in [0.15, 0.2) is 11.0 Å². The van der Waals surface area contributed by atoms with Gasteiger partial charge in [-0.1, -0.05) is 49.3 Å². The van der Waals surface area contributed by atoms with E-state index < -0.39 is 0 Å². The van der Waals surface area contributed by atoms with Gasteiger partial charge in [-0.3, -0.25) is 9.59 Å². The quantitative estimate of drug-likeness (QED) is 0.340. The number of carbonyl (C=O) groups excluding carboxylic acids is 2. The van der Waals surface area contributed by atoms with E-state index in [1.807, 2.05) is 11.5 Å². The van der Waals surface area contributed by atoms with Crippen molar-refractivity contribution < 1.29 is 14.3 Å². The standard InChI is InChI=1S/C25H30ClN5O3S/c1-5-31-23(21(14-16(2)3)28-24(33)19-8-6-7-9-20(19)26)29-30-25(31)35-15-22(32)27-17-10-12-18(34-4)13-11-17/h6-13,16,21H,5,14-15H2,1-4H3,(H,27,32)(H,28,33)/t21-/m1/s1. The van der Waals surface area contributed by atoms with E-state index in [4.69, 9.17) is 16.3 Å². The van der Waals surface area contributed by atoms with E-state index in [0.717, 1.165) is 5.75 Å². The molecule has 0 saturated carbocycles. The van der Waals surface area contributed by atoms with E-state index >= 15 is 0 Å². The zero-order valence-corrected chi connectivity index (χ0v) is 21.8. The largest absolute Gasteiger partial charge is 0.497 e. The molecule has 186 valence electrons. The van der Waals surface area contributed by atoms with Gasteiger partial charge in [0, 0.05) is 12.2 Å². The van der Waals surface area contributed by atoms with E-state index in [-0.39, 0.29) is 23.6 Å². The first-order chi connectivity index (χ1) is 16.8. The molecule has 2 aromatic carbocycles. The minimum Gasteiger partial charge on any atom is -0.497 e. The van der Waals surface area contributed by atoms with E-state index in [2.05, 4.69) is 34.7 Å². The van der Waals surface area contributed by atoms with Crippen molar-refractivity contribution in [1.82, 2.24) is 20.1 Å². The molecule has 0 fully saturated rings. The van der Waals surface area contributed by atoms with Crippen molar-refractivity contribution in [3.8, 4) is 5.75 Å². The van der Waals surface area contributed by atoms with Crippen LogP contribution in [0.4, 0.5) is 5.69 Å². The summed E-state index contributed by atoms with van der Waals surface area (Å²) in [5.74, 6) is 1.43. The Balaban J connectivity index is 1.71. The molecule has 2 amide bonds. The van der Waals surface area contributed by atoms with Crippen LogP contribution in [0.25, 0.3) is 0 Å². The fourth-order valence-corrected chi connectivity index (χ4v) is 4.58. The average Bonchev–Trinajstić information content (AvgIpc) is 3.25. The number of methoxy groups -OCH3 is 1. The second kappa shape index (κ2) is 12.6. The van der Waals surface area contributed by atoms with Crippen LogP contribution in [0.3, 0.4) is 0 Å². The molecule has 10 heteroatoms. The fourth-order valence-electron chi connectivity index (χ4n) is 3.54. The maximum absolute atomic E-state index is 12.9. The first-order valence-electron chi connectivity index (χ1n) is 11.4. The lowest BCUT2D eigenvalue weighted by Gasteiger charge is -2.21. The molecule has 1 aromatic heterocycles. The van der Waals surface area contributed by atoms with Gasteiger partial charge in [0.05, 0.1) is 29.5 Å². The van der Waals surface area contributed by atoms with Crippen LogP contribution in [0.2, 0.25) is 5.02 Å². The van der Waals surface area contributed by atoms with Gasteiger partial charge in [-0.05, 0) is 55.7 Å². The summed E-state index contributed by atoms with van der Waals surface area (Å²) in [6, 6.07) is 13.7. The molecule has 0 aliphatic carbocycles. The van der Waals surface area contributed by atoms with Crippen LogP contribution in [-0.2, 0) is 11.3 Å². The molecule has 0 aliphatic rings. The number of benzene rings is 2. The molecular formula is C25H30ClN5O3S. The van der Waals surface area contributed by atoms with Crippen LogP contribution in [0.5, 0.6) is 5.75 Å². The summed E-state index contributed by atoms with van der Waals surface area (Å²) in [4.78, 5) is 25.4. The van der Waals surface area contributed by atoms with Crippen LogP contribution in [0.1, 0.15) is 49.4 Å². The minimum atomic E-state index is -0.353. The summed E-state index contributed by atoms with van der Waals surface area (Å²) in [5.41, 5.74) is 1.10. The van der Waals surface area contributed by atoms with Crippen molar-refractivity contribution >= 4 is 40.9 Å². The van der Waals surface area contributed by atoms with Crippen molar-refractivity contribution in [1.29, 1.82) is 0 Å². The second-order valence-corrected chi connectivity index (χ2v) is 9.64. The Morgan fingerprint density at radius 3 is 2.46 bits per heavy atom. The Labute approximate surface area is 214 Å². The second-order valence-electron chi connectivity index (χ2n) is 8.29. The third-order valence-corrected chi connectivity index (χ3v) is 6.51. The molecular weight excluding hydrogens is 486 g/mol. The van der Waals surface area contributed by atoms with Crippen molar-refractivity contribution in [3.05, 3.63) is 64.9 Å². The molecule has 2 N–H and O–H groups in total. The number of thioether (sulfide) groups is 1. The smallest absolute Gasteiger partial charge is 0.253 e. The van der Waals surface area contributed by atoms with Gasteiger partial charge in [0.1, 0.15) is 5.75 Å². The van der Waals surface area contributed by atoms with E-state index in [1.54, 1.807) is 55.6 Å². The van der Waals surface area contributed by atoms with Gasteiger partial charge in [0.25, 0.3) is 5.91 Å². The number of aromatic nitrogens is 3.